The highest BCUT2D eigenvalue weighted by molar-refractivity contribution is 5.57. The molecule has 6 N–H and O–H groups in total. The van der Waals surface area contributed by atoms with Gasteiger partial charge in [0.15, 0.2) is 0 Å². The number of nitrogens with one attached hydrogen (secondary N) is 2. The van der Waals surface area contributed by atoms with Crippen molar-refractivity contribution in [3.8, 4) is 0 Å². The minimum atomic E-state index is -1.19. The summed E-state index contributed by atoms with van der Waals surface area (Å²) in [6.45, 7) is 3.29. The summed E-state index contributed by atoms with van der Waals surface area (Å²) in [4.78, 5) is 8.85. The minimum Gasteiger partial charge on any atom is -0.393 e. The van der Waals surface area contributed by atoms with Crippen molar-refractivity contribution in [3.05, 3.63) is 11.4 Å². The summed E-state index contributed by atoms with van der Waals surface area (Å²) in [6.07, 6.45) is 2.20. The first-order valence-electron chi connectivity index (χ1n) is 6.39. The van der Waals surface area contributed by atoms with Crippen LogP contribution in [0.3, 0.4) is 0 Å². The van der Waals surface area contributed by atoms with Crippen LogP contribution in [0.5, 0.6) is 0 Å². The molecule has 0 aromatic carbocycles. The highest BCUT2D eigenvalue weighted by atomic mass is 16.3. The fourth-order valence-electron chi connectivity index (χ4n) is 1.70. The number of rotatable bonds is 6. The van der Waals surface area contributed by atoms with Crippen LogP contribution in [0.15, 0.2) is 0 Å². The second kappa shape index (κ2) is 5.28. The number of nitrogens with two attached hydrogens (primary N) is 1. The van der Waals surface area contributed by atoms with Crippen LogP contribution in [-0.4, -0.2) is 38.9 Å². The van der Waals surface area contributed by atoms with Gasteiger partial charge in [-0.25, -0.2) is 15.8 Å². The predicted octanol–water partition coefficient (Wildman–Crippen LogP) is 0.103. The Kier molecular flexibility index (Phi) is 3.88. The van der Waals surface area contributed by atoms with Gasteiger partial charge in [0, 0.05) is 18.0 Å². The van der Waals surface area contributed by atoms with E-state index < -0.39 is 5.60 Å². The smallest absolute Gasteiger partial charge is 0.148 e. The number of aliphatic hydroxyl groups excluding tert-OH is 1. The lowest BCUT2D eigenvalue weighted by atomic mass is 10.1. The van der Waals surface area contributed by atoms with Crippen molar-refractivity contribution in [3.63, 3.8) is 0 Å². The van der Waals surface area contributed by atoms with Gasteiger partial charge in [0.2, 0.25) is 0 Å². The zero-order chi connectivity index (χ0) is 14.0. The van der Waals surface area contributed by atoms with Crippen LogP contribution in [0.25, 0.3) is 0 Å². The Hall–Kier alpha value is -1.44. The third kappa shape index (κ3) is 3.31. The molecule has 1 aliphatic rings. The molecule has 1 aliphatic carbocycles. The first kappa shape index (κ1) is 14.0. The molecule has 0 bridgehead atoms. The van der Waals surface area contributed by atoms with E-state index in [4.69, 9.17) is 10.9 Å². The van der Waals surface area contributed by atoms with E-state index in [9.17, 15) is 5.11 Å². The van der Waals surface area contributed by atoms with E-state index in [-0.39, 0.29) is 13.2 Å². The molecule has 1 fully saturated rings. The summed E-state index contributed by atoms with van der Waals surface area (Å²) in [6, 6.07) is 0. The third-order valence-corrected chi connectivity index (χ3v) is 3.22. The van der Waals surface area contributed by atoms with Crippen LogP contribution in [-0.2, 0) is 0 Å². The molecule has 1 aromatic heterocycles. The van der Waals surface area contributed by atoms with Gasteiger partial charge in [-0.1, -0.05) is 0 Å². The zero-order valence-corrected chi connectivity index (χ0v) is 11.3. The number of hydrazine groups is 1. The second-order valence-electron chi connectivity index (χ2n) is 5.33. The van der Waals surface area contributed by atoms with Gasteiger partial charge in [0.1, 0.15) is 23.1 Å². The van der Waals surface area contributed by atoms with Crippen LogP contribution in [0.2, 0.25) is 0 Å². The molecule has 2 rings (SSSR count). The summed E-state index contributed by atoms with van der Waals surface area (Å²) >= 11 is 0. The van der Waals surface area contributed by atoms with Crippen LogP contribution < -0.4 is 16.6 Å². The Morgan fingerprint density at radius 1 is 1.37 bits per heavy atom. The van der Waals surface area contributed by atoms with Crippen molar-refractivity contribution in [2.24, 2.45) is 5.84 Å². The lowest BCUT2D eigenvalue weighted by Gasteiger charge is -2.22. The first-order valence-corrected chi connectivity index (χ1v) is 6.39. The summed E-state index contributed by atoms with van der Waals surface area (Å²) in [5, 5.41) is 21.9. The normalized spacial score (nSPS) is 17.9. The number of nitrogen functional groups attached to an aromatic ring is 1. The molecule has 0 amide bonds. The molecule has 1 heterocycles. The molecular weight excluding hydrogens is 246 g/mol. The first-order chi connectivity index (χ1) is 8.96. The van der Waals surface area contributed by atoms with E-state index >= 15 is 0 Å². The van der Waals surface area contributed by atoms with Crippen LogP contribution in [0, 0.1) is 6.92 Å². The molecule has 0 radical (unpaired) electrons. The Bertz CT molecular complexity index is 460. The topological polar surface area (TPSA) is 116 Å². The number of aliphatic hydroxyl groups is 2. The van der Waals surface area contributed by atoms with E-state index in [1.54, 1.807) is 6.92 Å². The number of anilines is 2. The monoisotopic (exact) mass is 267 g/mol. The molecule has 7 heteroatoms. The molecular formula is C12H21N5O2. The van der Waals surface area contributed by atoms with Crippen LogP contribution in [0.4, 0.5) is 11.6 Å². The summed E-state index contributed by atoms with van der Waals surface area (Å²) in [7, 11) is 0. The molecule has 1 saturated carbocycles. The molecule has 1 aromatic rings. The largest absolute Gasteiger partial charge is 0.393 e. The lowest BCUT2D eigenvalue weighted by Crippen LogP contribution is -2.37. The van der Waals surface area contributed by atoms with Gasteiger partial charge in [0.25, 0.3) is 0 Å². The number of nitrogens with zero attached hydrogens (tertiary/aromatic N) is 2. The van der Waals surface area contributed by atoms with E-state index in [1.165, 1.54) is 0 Å². The van der Waals surface area contributed by atoms with Gasteiger partial charge in [-0.3, -0.25) is 0 Å². The fourth-order valence-corrected chi connectivity index (χ4v) is 1.70. The molecule has 7 nitrogen and oxygen atoms in total. The van der Waals surface area contributed by atoms with Crippen molar-refractivity contribution >= 4 is 11.6 Å². The number of aromatic nitrogens is 2. The predicted molar refractivity (Wildman–Crippen MR) is 72.8 cm³/mol. The average Bonchev–Trinajstić information content (AvgIpc) is 3.22. The van der Waals surface area contributed by atoms with E-state index in [0.29, 0.717) is 17.6 Å². The van der Waals surface area contributed by atoms with Crippen molar-refractivity contribution < 1.29 is 10.2 Å². The second-order valence-corrected chi connectivity index (χ2v) is 5.33. The summed E-state index contributed by atoms with van der Waals surface area (Å²) < 4.78 is 0. The Labute approximate surface area is 112 Å². The highest BCUT2D eigenvalue weighted by Gasteiger charge is 2.28. The van der Waals surface area contributed by atoms with Gasteiger partial charge in [-0.05, 0) is 26.7 Å². The van der Waals surface area contributed by atoms with Crippen molar-refractivity contribution in [2.45, 2.75) is 38.2 Å². The maximum atomic E-state index is 9.80. The van der Waals surface area contributed by atoms with Gasteiger partial charge in [-0.2, -0.15) is 0 Å². The van der Waals surface area contributed by atoms with Crippen molar-refractivity contribution in [2.75, 3.05) is 23.9 Å². The molecule has 1 atom stereocenters. The van der Waals surface area contributed by atoms with E-state index in [1.807, 2.05) is 6.92 Å². The number of hydrogen-bond acceptors (Lipinski definition) is 7. The number of hydrogen-bond donors (Lipinski definition) is 5. The van der Waals surface area contributed by atoms with Crippen molar-refractivity contribution in [1.29, 1.82) is 0 Å². The molecule has 106 valence electrons. The maximum absolute atomic E-state index is 9.80. The zero-order valence-electron chi connectivity index (χ0n) is 11.3. The third-order valence-electron chi connectivity index (χ3n) is 3.22. The summed E-state index contributed by atoms with van der Waals surface area (Å²) in [5.74, 6) is 7.86. The molecule has 0 saturated heterocycles. The molecule has 0 aliphatic heterocycles. The molecule has 19 heavy (non-hydrogen) atoms. The standard InChI is InChI=1S/C12H21N5O2/c1-7-9(14-5-12(2,19)6-18)15-11(8-3-4-8)16-10(7)17-13/h8,18-19H,3-6,13H2,1-2H3,(H2,14,15,16,17). The van der Waals surface area contributed by atoms with Gasteiger partial charge in [-0.15, -0.1) is 0 Å². The van der Waals surface area contributed by atoms with Gasteiger partial charge < -0.3 is 21.0 Å². The quantitative estimate of drug-likeness (QED) is 0.367. The average molecular weight is 267 g/mol. The Balaban J connectivity index is 2.20. The minimum absolute atomic E-state index is 0.204. The molecule has 1 unspecified atom stereocenters. The lowest BCUT2D eigenvalue weighted by molar-refractivity contribution is 0.0131. The van der Waals surface area contributed by atoms with Crippen LogP contribution >= 0.6 is 0 Å². The SMILES string of the molecule is Cc1c(NN)nc(C2CC2)nc1NCC(C)(O)CO. The Morgan fingerprint density at radius 2 is 2.00 bits per heavy atom. The highest BCUT2D eigenvalue weighted by Crippen LogP contribution is 2.39. The van der Waals surface area contributed by atoms with Crippen LogP contribution in [0.1, 0.15) is 37.1 Å². The van der Waals surface area contributed by atoms with Crippen molar-refractivity contribution in [1.82, 2.24) is 9.97 Å². The summed E-state index contributed by atoms with van der Waals surface area (Å²) in [5.41, 5.74) is 2.17. The molecule has 0 spiro atoms. The van der Waals surface area contributed by atoms with Gasteiger partial charge in [0.05, 0.1) is 6.61 Å². The van der Waals surface area contributed by atoms with Gasteiger partial charge >= 0.3 is 0 Å². The Morgan fingerprint density at radius 3 is 2.53 bits per heavy atom. The van der Waals surface area contributed by atoms with E-state index in [0.717, 1.165) is 24.2 Å². The van der Waals surface area contributed by atoms with E-state index in [2.05, 4.69) is 20.7 Å². The maximum Gasteiger partial charge on any atom is 0.148 e. The fraction of sp³-hybridized carbons (Fsp3) is 0.667.